The van der Waals surface area contributed by atoms with Crippen molar-refractivity contribution in [2.45, 2.75) is 33.2 Å². The van der Waals surface area contributed by atoms with Crippen LogP contribution >= 0.6 is 0 Å². The number of aryl methyl sites for hydroxylation is 2. The number of aromatic nitrogens is 3. The van der Waals surface area contributed by atoms with Crippen LogP contribution in [0.4, 0.5) is 5.69 Å². The van der Waals surface area contributed by atoms with E-state index in [1.54, 1.807) is 29.5 Å². The highest BCUT2D eigenvalue weighted by molar-refractivity contribution is 6.00. The van der Waals surface area contributed by atoms with E-state index < -0.39 is 0 Å². The predicted molar refractivity (Wildman–Crippen MR) is 104 cm³/mol. The highest BCUT2D eigenvalue weighted by Crippen LogP contribution is 2.13. The monoisotopic (exact) mass is 362 g/mol. The van der Waals surface area contributed by atoms with E-state index in [9.17, 15) is 9.59 Å². The normalized spacial score (nSPS) is 10.6. The van der Waals surface area contributed by atoms with Crippen molar-refractivity contribution in [3.05, 3.63) is 77.4 Å². The maximum Gasteiger partial charge on any atom is 0.224 e. The number of nitrogens with zero attached hydrogens (tertiary/aromatic N) is 3. The standard InChI is InChI=1S/C21H22N4O2/c1-15-3-4-18(11-16(15)2)20(26)5-6-21(27)24-19-12-23-25(14-19)13-17-7-9-22-10-8-17/h3-4,7-12,14H,5-6,13H2,1-2H3,(H,24,27). The molecule has 1 aromatic carbocycles. The molecule has 27 heavy (non-hydrogen) atoms. The lowest BCUT2D eigenvalue weighted by atomic mass is 10.0. The molecule has 0 aliphatic heterocycles. The summed E-state index contributed by atoms with van der Waals surface area (Å²) in [5.74, 6) is -0.225. The molecule has 6 heteroatoms. The Bertz CT molecular complexity index is 948. The summed E-state index contributed by atoms with van der Waals surface area (Å²) in [6.07, 6.45) is 7.15. The smallest absolute Gasteiger partial charge is 0.224 e. The van der Waals surface area contributed by atoms with E-state index in [0.717, 1.165) is 16.7 Å². The van der Waals surface area contributed by atoms with Gasteiger partial charge in [0, 0.05) is 37.0 Å². The van der Waals surface area contributed by atoms with Gasteiger partial charge in [-0.3, -0.25) is 19.3 Å². The molecule has 138 valence electrons. The number of carbonyl (C=O) groups is 2. The molecular formula is C21H22N4O2. The molecule has 1 N–H and O–H groups in total. The number of hydrogen-bond acceptors (Lipinski definition) is 4. The zero-order chi connectivity index (χ0) is 19.2. The lowest BCUT2D eigenvalue weighted by Gasteiger charge is -2.05. The van der Waals surface area contributed by atoms with Gasteiger partial charge in [0.15, 0.2) is 5.78 Å². The number of benzene rings is 1. The molecule has 0 aliphatic carbocycles. The number of pyridine rings is 1. The molecule has 0 saturated heterocycles. The molecule has 0 spiro atoms. The number of ketones is 1. The van der Waals surface area contributed by atoms with E-state index in [4.69, 9.17) is 0 Å². The maximum absolute atomic E-state index is 12.3. The maximum atomic E-state index is 12.3. The number of carbonyl (C=O) groups excluding carboxylic acids is 2. The summed E-state index contributed by atoms with van der Waals surface area (Å²) in [7, 11) is 0. The average molecular weight is 362 g/mol. The third-order valence-electron chi connectivity index (χ3n) is 4.42. The fraction of sp³-hybridized carbons (Fsp3) is 0.238. The summed E-state index contributed by atoms with van der Waals surface area (Å²) < 4.78 is 1.74. The largest absolute Gasteiger partial charge is 0.323 e. The third kappa shape index (κ3) is 5.10. The molecule has 3 rings (SSSR count). The first-order valence-corrected chi connectivity index (χ1v) is 8.83. The number of anilines is 1. The van der Waals surface area contributed by atoms with Crippen LogP contribution < -0.4 is 5.32 Å². The minimum Gasteiger partial charge on any atom is -0.323 e. The Morgan fingerprint density at radius 3 is 2.56 bits per heavy atom. The molecule has 6 nitrogen and oxygen atoms in total. The predicted octanol–water partition coefficient (Wildman–Crippen LogP) is 3.54. The second-order valence-electron chi connectivity index (χ2n) is 6.55. The van der Waals surface area contributed by atoms with Gasteiger partial charge in [-0.15, -0.1) is 0 Å². The van der Waals surface area contributed by atoms with Crippen LogP contribution in [0.15, 0.2) is 55.1 Å². The van der Waals surface area contributed by atoms with Crippen molar-refractivity contribution in [1.82, 2.24) is 14.8 Å². The molecule has 0 atom stereocenters. The minimum absolute atomic E-state index is 0.0263. The number of Topliss-reactive ketones (excluding diaryl/α,β-unsaturated/α-hetero) is 1. The van der Waals surface area contributed by atoms with Gasteiger partial charge in [-0.05, 0) is 48.7 Å². The Labute approximate surface area is 158 Å². The average Bonchev–Trinajstić information content (AvgIpc) is 3.09. The first-order chi connectivity index (χ1) is 13.0. The molecule has 3 aromatic rings. The molecule has 0 saturated carbocycles. The molecule has 2 aromatic heterocycles. The number of amides is 1. The summed E-state index contributed by atoms with van der Waals surface area (Å²) in [4.78, 5) is 28.4. The van der Waals surface area contributed by atoms with E-state index in [2.05, 4.69) is 15.4 Å². The fourth-order valence-corrected chi connectivity index (χ4v) is 2.70. The summed E-state index contributed by atoms with van der Waals surface area (Å²) in [6.45, 7) is 4.58. The Kier molecular flexibility index (Phi) is 5.76. The van der Waals surface area contributed by atoms with Crippen LogP contribution in [-0.4, -0.2) is 26.5 Å². The van der Waals surface area contributed by atoms with E-state index in [1.165, 1.54) is 0 Å². The van der Waals surface area contributed by atoms with Gasteiger partial charge in [0.05, 0.1) is 18.4 Å². The molecule has 0 bridgehead atoms. The van der Waals surface area contributed by atoms with Crippen LogP contribution in [0.2, 0.25) is 0 Å². The van der Waals surface area contributed by atoms with Gasteiger partial charge >= 0.3 is 0 Å². The van der Waals surface area contributed by atoms with Crippen LogP contribution in [0, 0.1) is 13.8 Å². The molecular weight excluding hydrogens is 340 g/mol. The van der Waals surface area contributed by atoms with Gasteiger partial charge in [-0.1, -0.05) is 12.1 Å². The summed E-state index contributed by atoms with van der Waals surface area (Å²) in [5.41, 5.74) is 4.56. The zero-order valence-electron chi connectivity index (χ0n) is 15.5. The zero-order valence-corrected chi connectivity index (χ0v) is 15.5. The molecule has 0 unspecified atom stereocenters. The second kappa shape index (κ2) is 8.40. The lowest BCUT2D eigenvalue weighted by molar-refractivity contribution is -0.116. The topological polar surface area (TPSA) is 76.9 Å². The fourth-order valence-electron chi connectivity index (χ4n) is 2.70. The van der Waals surface area contributed by atoms with Crippen molar-refractivity contribution in [1.29, 1.82) is 0 Å². The molecule has 0 radical (unpaired) electrons. The third-order valence-corrected chi connectivity index (χ3v) is 4.42. The van der Waals surface area contributed by atoms with E-state index >= 15 is 0 Å². The Morgan fingerprint density at radius 1 is 1.04 bits per heavy atom. The Hall–Kier alpha value is -3.28. The first kappa shape index (κ1) is 18.5. The van der Waals surface area contributed by atoms with Crippen molar-refractivity contribution >= 4 is 17.4 Å². The van der Waals surface area contributed by atoms with Crippen molar-refractivity contribution in [3.8, 4) is 0 Å². The van der Waals surface area contributed by atoms with Gasteiger partial charge in [0.1, 0.15) is 0 Å². The van der Waals surface area contributed by atoms with Gasteiger partial charge in [-0.25, -0.2) is 0 Å². The van der Waals surface area contributed by atoms with E-state index in [-0.39, 0.29) is 24.5 Å². The Balaban J connectivity index is 1.50. The van der Waals surface area contributed by atoms with Crippen LogP contribution in [0.25, 0.3) is 0 Å². The molecule has 0 fully saturated rings. The minimum atomic E-state index is -0.198. The van der Waals surface area contributed by atoms with Gasteiger partial charge < -0.3 is 5.32 Å². The van der Waals surface area contributed by atoms with Crippen molar-refractivity contribution < 1.29 is 9.59 Å². The van der Waals surface area contributed by atoms with Gasteiger partial charge in [0.2, 0.25) is 5.91 Å². The first-order valence-electron chi connectivity index (χ1n) is 8.83. The van der Waals surface area contributed by atoms with Gasteiger partial charge in [0.25, 0.3) is 0 Å². The summed E-state index contributed by atoms with van der Waals surface area (Å²) in [6, 6.07) is 9.45. The highest BCUT2D eigenvalue weighted by atomic mass is 16.2. The number of nitrogens with one attached hydrogen (secondary N) is 1. The van der Waals surface area contributed by atoms with Gasteiger partial charge in [-0.2, -0.15) is 5.10 Å². The van der Waals surface area contributed by atoms with Crippen LogP contribution in [0.1, 0.15) is 39.9 Å². The lowest BCUT2D eigenvalue weighted by Crippen LogP contribution is -2.13. The quantitative estimate of drug-likeness (QED) is 0.652. The van der Waals surface area contributed by atoms with Crippen LogP contribution in [-0.2, 0) is 11.3 Å². The Morgan fingerprint density at radius 2 is 1.81 bits per heavy atom. The molecule has 1 amide bonds. The van der Waals surface area contributed by atoms with Crippen LogP contribution in [0.5, 0.6) is 0 Å². The van der Waals surface area contributed by atoms with Crippen LogP contribution in [0.3, 0.4) is 0 Å². The SMILES string of the molecule is Cc1ccc(C(=O)CCC(=O)Nc2cnn(Cc3ccncc3)c2)cc1C. The van der Waals surface area contributed by atoms with E-state index in [0.29, 0.717) is 17.8 Å². The second-order valence-corrected chi connectivity index (χ2v) is 6.55. The molecule has 0 aliphatic rings. The number of rotatable bonds is 7. The number of hydrogen-bond donors (Lipinski definition) is 1. The van der Waals surface area contributed by atoms with Crippen molar-refractivity contribution in [3.63, 3.8) is 0 Å². The molecule has 2 heterocycles. The summed E-state index contributed by atoms with van der Waals surface area (Å²) >= 11 is 0. The van der Waals surface area contributed by atoms with E-state index in [1.807, 2.05) is 44.2 Å². The highest BCUT2D eigenvalue weighted by Gasteiger charge is 2.11. The van der Waals surface area contributed by atoms with Crippen molar-refractivity contribution in [2.75, 3.05) is 5.32 Å². The summed E-state index contributed by atoms with van der Waals surface area (Å²) in [5, 5.41) is 7.03. The van der Waals surface area contributed by atoms with Crippen molar-refractivity contribution in [2.24, 2.45) is 0 Å².